The number of nitrogen functional groups attached to an aromatic ring is 1. The molecule has 4 N–H and O–H groups in total. The summed E-state index contributed by atoms with van der Waals surface area (Å²) in [6.07, 6.45) is 2.72. The molecule has 1 aliphatic heterocycles. The monoisotopic (exact) mass is 241 g/mol. The van der Waals surface area contributed by atoms with Gasteiger partial charge in [-0.2, -0.15) is 4.98 Å². The van der Waals surface area contributed by atoms with E-state index in [1.54, 1.807) is 0 Å². The van der Waals surface area contributed by atoms with Crippen LogP contribution in [0.15, 0.2) is 6.20 Å². The van der Waals surface area contributed by atoms with Gasteiger partial charge >= 0.3 is 0 Å². The van der Waals surface area contributed by atoms with Crippen LogP contribution in [0.1, 0.15) is 12.8 Å². The molecule has 0 saturated carbocycles. The van der Waals surface area contributed by atoms with E-state index in [0.29, 0.717) is 23.8 Å². The van der Waals surface area contributed by atoms with Crippen LogP contribution in [-0.2, 0) is 4.79 Å². The highest BCUT2D eigenvalue weighted by Crippen LogP contribution is 2.20. The van der Waals surface area contributed by atoms with Crippen LogP contribution in [0.4, 0.5) is 11.8 Å². The molecule has 1 aromatic heterocycles. The standard InChI is InChI=1S/C9H12ClN5O/c10-6-4-13-9(11)15-8(6)14-5-1-2-7(16)12-3-5/h4-5H,1-3H2,(H,12,16)(H3,11,13,14,15). The van der Waals surface area contributed by atoms with Gasteiger partial charge in [0.2, 0.25) is 11.9 Å². The van der Waals surface area contributed by atoms with Crippen molar-refractivity contribution in [1.29, 1.82) is 0 Å². The lowest BCUT2D eigenvalue weighted by atomic mass is 10.1. The van der Waals surface area contributed by atoms with Crippen LogP contribution in [0.25, 0.3) is 0 Å². The van der Waals surface area contributed by atoms with Gasteiger partial charge in [-0.15, -0.1) is 0 Å². The Labute approximate surface area is 97.6 Å². The van der Waals surface area contributed by atoms with Gasteiger partial charge in [-0.1, -0.05) is 11.6 Å². The van der Waals surface area contributed by atoms with E-state index in [4.69, 9.17) is 17.3 Å². The van der Waals surface area contributed by atoms with Gasteiger partial charge in [0, 0.05) is 19.0 Å². The van der Waals surface area contributed by atoms with Gasteiger partial charge in [0.25, 0.3) is 0 Å². The number of amides is 1. The molecule has 1 unspecified atom stereocenters. The van der Waals surface area contributed by atoms with E-state index < -0.39 is 0 Å². The van der Waals surface area contributed by atoms with Crippen molar-refractivity contribution in [2.45, 2.75) is 18.9 Å². The lowest BCUT2D eigenvalue weighted by Gasteiger charge is -2.24. The molecule has 1 aromatic rings. The first-order valence-corrected chi connectivity index (χ1v) is 5.34. The summed E-state index contributed by atoms with van der Waals surface area (Å²) in [5.74, 6) is 0.758. The molecular formula is C9H12ClN5O. The van der Waals surface area contributed by atoms with Crippen molar-refractivity contribution in [3.8, 4) is 0 Å². The Morgan fingerprint density at radius 1 is 1.62 bits per heavy atom. The predicted octanol–water partition coefficient (Wildman–Crippen LogP) is 0.403. The maximum Gasteiger partial charge on any atom is 0.222 e. The highest BCUT2D eigenvalue weighted by atomic mass is 35.5. The third kappa shape index (κ3) is 2.52. The van der Waals surface area contributed by atoms with Crippen molar-refractivity contribution in [3.05, 3.63) is 11.2 Å². The van der Waals surface area contributed by atoms with Crippen molar-refractivity contribution >= 4 is 29.3 Å². The topological polar surface area (TPSA) is 92.9 Å². The summed E-state index contributed by atoms with van der Waals surface area (Å²) in [5, 5.41) is 6.32. The minimum atomic E-state index is 0.0753. The number of nitrogens with one attached hydrogen (secondary N) is 2. The second kappa shape index (κ2) is 4.52. The average Bonchev–Trinajstić information content (AvgIpc) is 2.27. The molecule has 6 nitrogen and oxygen atoms in total. The van der Waals surface area contributed by atoms with Gasteiger partial charge in [-0.25, -0.2) is 4.98 Å². The second-order valence-corrected chi connectivity index (χ2v) is 4.02. The van der Waals surface area contributed by atoms with E-state index in [1.165, 1.54) is 6.20 Å². The van der Waals surface area contributed by atoms with Gasteiger partial charge in [-0.3, -0.25) is 4.79 Å². The summed E-state index contributed by atoms with van der Waals surface area (Å²) in [4.78, 5) is 18.7. The average molecular weight is 242 g/mol. The molecule has 0 bridgehead atoms. The zero-order valence-corrected chi connectivity index (χ0v) is 9.29. The number of carbonyl (C=O) groups is 1. The van der Waals surface area contributed by atoms with Gasteiger partial charge in [0.15, 0.2) is 5.82 Å². The summed E-state index contributed by atoms with van der Waals surface area (Å²) >= 11 is 5.91. The Morgan fingerprint density at radius 3 is 3.12 bits per heavy atom. The third-order valence-electron chi connectivity index (χ3n) is 2.37. The molecular weight excluding hydrogens is 230 g/mol. The summed E-state index contributed by atoms with van der Waals surface area (Å²) < 4.78 is 0. The molecule has 2 rings (SSSR count). The van der Waals surface area contributed by atoms with Crippen LogP contribution in [0.3, 0.4) is 0 Å². The van der Waals surface area contributed by atoms with E-state index in [-0.39, 0.29) is 17.9 Å². The Kier molecular flexibility index (Phi) is 3.09. The number of carbonyl (C=O) groups excluding carboxylic acids is 1. The molecule has 1 saturated heterocycles. The summed E-state index contributed by atoms with van der Waals surface area (Å²) in [6, 6.07) is 0.129. The largest absolute Gasteiger partial charge is 0.368 e. The fourth-order valence-corrected chi connectivity index (χ4v) is 1.68. The molecule has 0 spiro atoms. The maximum atomic E-state index is 11.0. The number of rotatable bonds is 2. The first kappa shape index (κ1) is 10.9. The number of halogens is 1. The minimum Gasteiger partial charge on any atom is -0.368 e. The number of nitrogens with zero attached hydrogens (tertiary/aromatic N) is 2. The molecule has 2 heterocycles. The van der Waals surface area contributed by atoms with Gasteiger partial charge in [-0.05, 0) is 6.42 Å². The number of hydrogen-bond acceptors (Lipinski definition) is 5. The molecule has 1 fully saturated rings. The lowest BCUT2D eigenvalue weighted by molar-refractivity contribution is -0.122. The van der Waals surface area contributed by atoms with Gasteiger partial charge < -0.3 is 16.4 Å². The van der Waals surface area contributed by atoms with Gasteiger partial charge in [0.05, 0.1) is 6.20 Å². The van der Waals surface area contributed by atoms with Crippen LogP contribution in [0.2, 0.25) is 5.02 Å². The molecule has 86 valence electrons. The molecule has 1 aliphatic rings. The van der Waals surface area contributed by atoms with Crippen molar-refractivity contribution in [2.75, 3.05) is 17.6 Å². The quantitative estimate of drug-likeness (QED) is 0.697. The van der Waals surface area contributed by atoms with Crippen LogP contribution < -0.4 is 16.4 Å². The SMILES string of the molecule is Nc1ncc(Cl)c(NC2CCC(=O)NC2)n1. The number of nitrogens with two attached hydrogens (primary N) is 1. The lowest BCUT2D eigenvalue weighted by Crippen LogP contribution is -2.42. The van der Waals surface area contributed by atoms with Crippen molar-refractivity contribution in [2.24, 2.45) is 0 Å². The highest BCUT2D eigenvalue weighted by Gasteiger charge is 2.19. The first-order chi connectivity index (χ1) is 7.65. The van der Waals surface area contributed by atoms with Gasteiger partial charge in [0.1, 0.15) is 5.02 Å². The van der Waals surface area contributed by atoms with E-state index in [2.05, 4.69) is 20.6 Å². The molecule has 0 radical (unpaired) electrons. The van der Waals surface area contributed by atoms with E-state index in [0.717, 1.165) is 6.42 Å². The highest BCUT2D eigenvalue weighted by molar-refractivity contribution is 6.32. The fourth-order valence-electron chi connectivity index (χ4n) is 1.53. The van der Waals surface area contributed by atoms with Crippen molar-refractivity contribution in [1.82, 2.24) is 15.3 Å². The normalized spacial score (nSPS) is 20.3. The third-order valence-corrected chi connectivity index (χ3v) is 2.65. The van der Waals surface area contributed by atoms with Crippen LogP contribution in [0.5, 0.6) is 0 Å². The molecule has 0 aliphatic carbocycles. The molecule has 7 heteroatoms. The van der Waals surface area contributed by atoms with E-state index in [9.17, 15) is 4.79 Å². The number of aromatic nitrogens is 2. The van der Waals surface area contributed by atoms with E-state index >= 15 is 0 Å². The van der Waals surface area contributed by atoms with Crippen molar-refractivity contribution < 1.29 is 4.79 Å². The zero-order valence-electron chi connectivity index (χ0n) is 8.53. The molecule has 0 aromatic carbocycles. The van der Waals surface area contributed by atoms with Crippen LogP contribution in [-0.4, -0.2) is 28.5 Å². The minimum absolute atomic E-state index is 0.0753. The molecule has 1 amide bonds. The summed E-state index contributed by atoms with van der Waals surface area (Å²) in [6.45, 7) is 0.569. The van der Waals surface area contributed by atoms with E-state index in [1.807, 2.05) is 0 Å². The van der Waals surface area contributed by atoms with Crippen LogP contribution in [0, 0.1) is 0 Å². The summed E-state index contributed by atoms with van der Waals surface area (Å²) in [5.41, 5.74) is 5.46. The Morgan fingerprint density at radius 2 is 2.44 bits per heavy atom. The van der Waals surface area contributed by atoms with Crippen LogP contribution >= 0.6 is 11.6 Å². The zero-order chi connectivity index (χ0) is 11.5. The predicted molar refractivity (Wildman–Crippen MR) is 61.1 cm³/mol. The molecule has 16 heavy (non-hydrogen) atoms. The number of anilines is 2. The first-order valence-electron chi connectivity index (χ1n) is 4.96. The summed E-state index contributed by atoms with van der Waals surface area (Å²) in [7, 11) is 0. The Balaban J connectivity index is 2.03. The number of hydrogen-bond donors (Lipinski definition) is 3. The maximum absolute atomic E-state index is 11.0. The smallest absolute Gasteiger partial charge is 0.222 e. The molecule has 1 atom stereocenters. The Bertz CT molecular complexity index is 401. The second-order valence-electron chi connectivity index (χ2n) is 3.61. The number of piperidine rings is 1. The fraction of sp³-hybridized carbons (Fsp3) is 0.444. The Hall–Kier alpha value is -1.56. The van der Waals surface area contributed by atoms with Crippen molar-refractivity contribution in [3.63, 3.8) is 0 Å².